The maximum Gasteiger partial charge on any atom is 0.269 e. The molecule has 0 radical (unpaired) electrons. The highest BCUT2D eigenvalue weighted by molar-refractivity contribution is 7.91. The lowest BCUT2D eigenvalue weighted by Crippen LogP contribution is -2.28. The van der Waals surface area contributed by atoms with Gasteiger partial charge in [0.2, 0.25) is 15.4 Å². The van der Waals surface area contributed by atoms with E-state index in [1.165, 1.54) is 18.3 Å². The second-order valence-electron chi connectivity index (χ2n) is 3.98. The molecule has 0 saturated carbocycles. The molecule has 0 aliphatic heterocycles. The summed E-state index contributed by atoms with van der Waals surface area (Å²) in [5, 5.41) is 22.9. The van der Waals surface area contributed by atoms with Crippen molar-refractivity contribution in [2.24, 2.45) is 0 Å². The lowest BCUT2D eigenvalue weighted by Gasteiger charge is -2.09. The lowest BCUT2D eigenvalue weighted by molar-refractivity contribution is -0.114. The maximum atomic E-state index is 12.0. The van der Waals surface area contributed by atoms with Crippen LogP contribution in [0.2, 0.25) is 0 Å². The van der Waals surface area contributed by atoms with Crippen LogP contribution >= 0.6 is 22.7 Å². The van der Waals surface area contributed by atoms with E-state index in [0.29, 0.717) is 5.56 Å². The first-order valence-corrected chi connectivity index (χ1v) is 8.93. The number of hydrogen-bond acceptors (Lipinski definition) is 8. The summed E-state index contributed by atoms with van der Waals surface area (Å²) in [6, 6.07) is 1.71. The number of carbonyl (C=O) groups is 1. The van der Waals surface area contributed by atoms with E-state index in [9.17, 15) is 18.3 Å². The molecular weight excluding hydrogens is 336 g/mol. The fourth-order valence-electron chi connectivity index (χ4n) is 1.35. The van der Waals surface area contributed by atoms with Crippen LogP contribution in [0.3, 0.4) is 0 Å². The number of anilines is 1. The van der Waals surface area contributed by atoms with Crippen LogP contribution in [-0.2, 0) is 14.8 Å². The van der Waals surface area contributed by atoms with Gasteiger partial charge < -0.3 is 10.4 Å². The molecule has 0 bridgehead atoms. The molecule has 2 aromatic rings. The first-order valence-electron chi connectivity index (χ1n) is 5.69. The molecule has 11 heteroatoms. The topological polar surface area (TPSA) is 121 Å². The number of rotatable bonds is 6. The fraction of sp³-hybridized carbons (Fsp3) is 0.300. The summed E-state index contributed by atoms with van der Waals surface area (Å²) in [6.07, 6.45) is -0.936. The van der Waals surface area contributed by atoms with Crippen LogP contribution in [0.15, 0.2) is 21.2 Å². The SMILES string of the molecule is CC(=O)Nc1nnc(S(=O)(=O)NCC(O)c2ccsc2)s1. The van der Waals surface area contributed by atoms with Gasteiger partial charge in [-0.2, -0.15) is 11.3 Å². The molecule has 1 atom stereocenters. The van der Waals surface area contributed by atoms with E-state index in [4.69, 9.17) is 0 Å². The average molecular weight is 348 g/mol. The van der Waals surface area contributed by atoms with Crippen molar-refractivity contribution in [2.45, 2.75) is 17.4 Å². The predicted molar refractivity (Wildman–Crippen MR) is 78.7 cm³/mol. The second-order valence-corrected chi connectivity index (χ2v) is 7.68. The molecule has 3 N–H and O–H groups in total. The van der Waals surface area contributed by atoms with Gasteiger partial charge in [0, 0.05) is 13.5 Å². The number of nitrogens with one attached hydrogen (secondary N) is 2. The summed E-state index contributed by atoms with van der Waals surface area (Å²) in [7, 11) is -3.87. The number of hydrogen-bond donors (Lipinski definition) is 3. The van der Waals surface area contributed by atoms with Crippen LogP contribution in [-0.4, -0.2) is 36.2 Å². The number of amides is 1. The Bertz CT molecular complexity index is 711. The van der Waals surface area contributed by atoms with E-state index in [0.717, 1.165) is 11.3 Å². The number of aliphatic hydroxyl groups is 1. The standard InChI is InChI=1S/C10H12N4O4S3/c1-6(15)12-9-13-14-10(20-9)21(17,18)11-4-8(16)7-2-3-19-5-7/h2-3,5,8,11,16H,4H2,1H3,(H,12,13,15). The van der Waals surface area contributed by atoms with E-state index >= 15 is 0 Å². The summed E-state index contributed by atoms with van der Waals surface area (Å²) < 4.78 is 25.9. The Morgan fingerprint density at radius 2 is 2.24 bits per heavy atom. The molecule has 0 aliphatic rings. The molecule has 2 heterocycles. The number of carbonyl (C=O) groups excluding carboxylic acids is 1. The van der Waals surface area contributed by atoms with Crippen molar-refractivity contribution in [2.75, 3.05) is 11.9 Å². The van der Waals surface area contributed by atoms with Gasteiger partial charge in [-0.25, -0.2) is 13.1 Å². The third-order valence-corrected chi connectivity index (χ3v) is 5.65. The van der Waals surface area contributed by atoms with Gasteiger partial charge in [-0.05, 0) is 22.4 Å². The van der Waals surface area contributed by atoms with Gasteiger partial charge in [0.05, 0.1) is 6.10 Å². The lowest BCUT2D eigenvalue weighted by atomic mass is 10.2. The molecule has 1 amide bonds. The number of aliphatic hydroxyl groups excluding tert-OH is 1. The van der Waals surface area contributed by atoms with Gasteiger partial charge in [0.15, 0.2) is 0 Å². The van der Waals surface area contributed by atoms with Gasteiger partial charge >= 0.3 is 0 Å². The molecule has 8 nitrogen and oxygen atoms in total. The summed E-state index contributed by atoms with van der Waals surface area (Å²) in [5.74, 6) is -0.365. The molecule has 0 aromatic carbocycles. The Labute approximate surface area is 128 Å². The second kappa shape index (κ2) is 6.58. The molecule has 114 valence electrons. The van der Waals surface area contributed by atoms with Crippen molar-refractivity contribution >= 4 is 43.7 Å². The minimum Gasteiger partial charge on any atom is -0.387 e. The fourth-order valence-corrected chi connectivity index (χ4v) is 4.08. The molecule has 21 heavy (non-hydrogen) atoms. The third-order valence-electron chi connectivity index (χ3n) is 2.31. The highest BCUT2D eigenvalue weighted by Gasteiger charge is 2.22. The molecule has 2 aromatic heterocycles. The van der Waals surface area contributed by atoms with Gasteiger partial charge in [0.25, 0.3) is 10.0 Å². The van der Waals surface area contributed by atoms with Gasteiger partial charge in [-0.1, -0.05) is 11.3 Å². The summed E-state index contributed by atoms with van der Waals surface area (Å²) in [5.41, 5.74) is 0.638. The Balaban J connectivity index is 2.01. The quantitative estimate of drug-likeness (QED) is 0.656. The smallest absolute Gasteiger partial charge is 0.269 e. The summed E-state index contributed by atoms with van der Waals surface area (Å²) in [4.78, 5) is 10.8. The molecule has 0 spiro atoms. The van der Waals surface area contributed by atoms with Crippen molar-refractivity contribution in [3.8, 4) is 0 Å². The number of thiophene rings is 1. The van der Waals surface area contributed by atoms with Gasteiger partial charge in [0.1, 0.15) is 0 Å². The average Bonchev–Trinajstić information content (AvgIpc) is 3.06. The minimum absolute atomic E-state index is 0.0984. The van der Waals surface area contributed by atoms with Gasteiger partial charge in [-0.3, -0.25) is 4.79 Å². The molecule has 0 fully saturated rings. The molecule has 2 rings (SSSR count). The summed E-state index contributed by atoms with van der Waals surface area (Å²) >= 11 is 2.14. The van der Waals surface area contributed by atoms with Crippen LogP contribution < -0.4 is 10.0 Å². The van der Waals surface area contributed by atoms with Crippen molar-refractivity contribution < 1.29 is 18.3 Å². The zero-order chi connectivity index (χ0) is 15.5. The molecular formula is C10H12N4O4S3. The van der Waals surface area contributed by atoms with Crippen LogP contribution in [0.5, 0.6) is 0 Å². The zero-order valence-corrected chi connectivity index (χ0v) is 13.3. The van der Waals surface area contributed by atoms with Gasteiger partial charge in [-0.15, -0.1) is 10.2 Å². The largest absolute Gasteiger partial charge is 0.387 e. The van der Waals surface area contributed by atoms with Crippen LogP contribution in [0.4, 0.5) is 5.13 Å². The van der Waals surface area contributed by atoms with E-state index in [1.54, 1.807) is 16.8 Å². The van der Waals surface area contributed by atoms with Crippen molar-refractivity contribution in [1.82, 2.24) is 14.9 Å². The summed E-state index contributed by atoms with van der Waals surface area (Å²) in [6.45, 7) is 1.11. The monoisotopic (exact) mass is 348 g/mol. The zero-order valence-electron chi connectivity index (χ0n) is 10.8. The highest BCUT2D eigenvalue weighted by atomic mass is 32.2. The van der Waals surface area contributed by atoms with Crippen LogP contribution in [0.1, 0.15) is 18.6 Å². The first kappa shape index (κ1) is 16.0. The first-order chi connectivity index (χ1) is 9.88. The molecule has 0 saturated heterocycles. The number of aromatic nitrogens is 2. The van der Waals surface area contributed by atoms with E-state index in [1.807, 2.05) is 0 Å². The van der Waals surface area contributed by atoms with E-state index < -0.39 is 16.1 Å². The molecule has 1 unspecified atom stereocenters. The van der Waals surface area contributed by atoms with Crippen molar-refractivity contribution in [3.05, 3.63) is 22.4 Å². The maximum absolute atomic E-state index is 12.0. The van der Waals surface area contributed by atoms with E-state index in [-0.39, 0.29) is 21.9 Å². The van der Waals surface area contributed by atoms with Crippen molar-refractivity contribution in [3.63, 3.8) is 0 Å². The van der Waals surface area contributed by atoms with Crippen LogP contribution in [0, 0.1) is 0 Å². The van der Waals surface area contributed by atoms with Crippen molar-refractivity contribution in [1.29, 1.82) is 0 Å². The Hall–Kier alpha value is -1.40. The van der Waals surface area contributed by atoms with Crippen LogP contribution in [0.25, 0.3) is 0 Å². The number of nitrogens with zero attached hydrogens (tertiary/aromatic N) is 2. The molecule has 0 aliphatic carbocycles. The highest BCUT2D eigenvalue weighted by Crippen LogP contribution is 2.20. The van der Waals surface area contributed by atoms with E-state index in [2.05, 4.69) is 20.2 Å². The number of sulfonamides is 1. The normalized spacial score (nSPS) is 13.0. The Kier molecular flexibility index (Phi) is 5.00. The predicted octanol–water partition coefficient (Wildman–Crippen LogP) is 0.570. The Morgan fingerprint density at radius 1 is 1.48 bits per heavy atom. The Morgan fingerprint density at radius 3 is 2.86 bits per heavy atom. The third kappa shape index (κ3) is 4.28. The minimum atomic E-state index is -3.87.